The molecule has 0 spiro atoms. The van der Waals surface area contributed by atoms with Gasteiger partial charge in [0, 0.05) is 43.2 Å². The summed E-state index contributed by atoms with van der Waals surface area (Å²) < 4.78 is 31.5. The number of nitrogens with zero attached hydrogens (tertiary/aromatic N) is 3. The molecule has 0 aliphatic carbocycles. The van der Waals surface area contributed by atoms with E-state index in [0.717, 1.165) is 0 Å². The Hall–Kier alpha value is -2.85. The predicted octanol–water partition coefficient (Wildman–Crippen LogP) is 3.39. The molecule has 12 heteroatoms. The first kappa shape index (κ1) is 26.7. The number of nitriles is 1. The van der Waals surface area contributed by atoms with Gasteiger partial charge in [-0.25, -0.2) is 4.98 Å². The van der Waals surface area contributed by atoms with E-state index in [-0.39, 0.29) is 36.5 Å². The Morgan fingerprint density at radius 3 is 2.60 bits per heavy atom. The number of aliphatic hydroxyl groups is 1. The summed E-state index contributed by atoms with van der Waals surface area (Å²) in [7, 11) is 0. The number of aliphatic hydroxyl groups excluding tert-OH is 1. The molecular weight excluding hydrogens is 544 g/mol. The van der Waals surface area contributed by atoms with Gasteiger partial charge in [-0.2, -0.15) is 14.0 Å². The van der Waals surface area contributed by atoms with Crippen LogP contribution in [0.5, 0.6) is 0 Å². The smallest absolute Gasteiger partial charge is 0.358 e. The Morgan fingerprint density at radius 2 is 1.89 bits per heavy atom. The standard InChI is InChI=1S/C23H22BrF2N5O3S/c24-20-14-30-22(31(20)18-6-5-15(13-27)16-3-1-2-4-17(16)18)35-23(25,26)19(33)7-8-21(34)29-10-9-28-11-12-32/h1-6,14,28,32H,7-12H2,(H,29,34). The number of carbonyl (C=O) groups excluding carboxylic acids is 2. The summed E-state index contributed by atoms with van der Waals surface area (Å²) in [5.41, 5.74) is 0.960. The molecule has 0 aliphatic rings. The number of alkyl halides is 2. The highest BCUT2D eigenvalue weighted by molar-refractivity contribution is 9.10. The van der Waals surface area contributed by atoms with Gasteiger partial charge < -0.3 is 15.7 Å². The minimum atomic E-state index is -3.81. The lowest BCUT2D eigenvalue weighted by molar-refractivity contribution is -0.134. The van der Waals surface area contributed by atoms with E-state index >= 15 is 0 Å². The number of hydrogen-bond acceptors (Lipinski definition) is 7. The third-order valence-electron chi connectivity index (χ3n) is 4.98. The second-order valence-corrected chi connectivity index (χ2v) is 9.25. The van der Waals surface area contributed by atoms with Gasteiger partial charge in [-0.1, -0.05) is 24.3 Å². The molecule has 8 nitrogen and oxygen atoms in total. The highest BCUT2D eigenvalue weighted by Gasteiger charge is 2.41. The van der Waals surface area contributed by atoms with E-state index in [1.807, 2.05) is 0 Å². The molecule has 0 radical (unpaired) electrons. The summed E-state index contributed by atoms with van der Waals surface area (Å²) in [4.78, 5) is 28.2. The largest absolute Gasteiger partial charge is 0.395 e. The van der Waals surface area contributed by atoms with E-state index < -0.39 is 23.4 Å². The Morgan fingerprint density at radius 1 is 1.14 bits per heavy atom. The number of fused-ring (bicyclic) bond motifs is 1. The molecule has 0 bridgehead atoms. The molecule has 0 atom stereocenters. The van der Waals surface area contributed by atoms with Crippen LogP contribution in [0.3, 0.4) is 0 Å². The first-order valence-corrected chi connectivity index (χ1v) is 12.2. The van der Waals surface area contributed by atoms with Gasteiger partial charge in [0.1, 0.15) is 4.60 Å². The SMILES string of the molecule is N#Cc1ccc(-n2c(Br)cnc2SC(F)(F)C(=O)CCC(=O)NCCNCCO)c2ccccc12. The molecule has 1 amide bonds. The maximum Gasteiger partial charge on any atom is 0.358 e. The molecule has 1 heterocycles. The van der Waals surface area contributed by atoms with Gasteiger partial charge in [0.15, 0.2) is 5.16 Å². The number of thioether (sulfide) groups is 1. The molecule has 0 fully saturated rings. The fraction of sp³-hybridized carbons (Fsp3) is 0.304. The Labute approximate surface area is 212 Å². The molecule has 3 aromatic rings. The summed E-state index contributed by atoms with van der Waals surface area (Å²) in [5.74, 6) is -1.90. The first-order valence-electron chi connectivity index (χ1n) is 10.6. The fourth-order valence-corrected chi connectivity index (χ4v) is 4.73. The average Bonchev–Trinajstić information content (AvgIpc) is 3.20. The van der Waals surface area contributed by atoms with Crippen molar-refractivity contribution in [2.45, 2.75) is 23.3 Å². The molecule has 3 N–H and O–H groups in total. The summed E-state index contributed by atoms with van der Waals surface area (Å²) >= 11 is 3.33. The molecule has 0 saturated heterocycles. The molecule has 2 aromatic carbocycles. The number of benzene rings is 2. The zero-order chi connectivity index (χ0) is 25.4. The summed E-state index contributed by atoms with van der Waals surface area (Å²) in [6.07, 6.45) is 0.360. The number of halogens is 3. The van der Waals surface area contributed by atoms with Crippen molar-refractivity contribution in [3.63, 3.8) is 0 Å². The van der Waals surface area contributed by atoms with Gasteiger partial charge >= 0.3 is 5.25 Å². The van der Waals surface area contributed by atoms with Crippen LogP contribution in [-0.2, 0) is 9.59 Å². The average molecular weight is 566 g/mol. The van der Waals surface area contributed by atoms with E-state index in [2.05, 4.69) is 37.6 Å². The van der Waals surface area contributed by atoms with Gasteiger partial charge in [0.2, 0.25) is 11.7 Å². The number of amides is 1. The van der Waals surface area contributed by atoms with Crippen molar-refractivity contribution < 1.29 is 23.5 Å². The fourth-order valence-electron chi connectivity index (χ4n) is 3.31. The van der Waals surface area contributed by atoms with Gasteiger partial charge in [-0.05, 0) is 39.8 Å². The van der Waals surface area contributed by atoms with Crippen LogP contribution >= 0.6 is 27.7 Å². The first-order chi connectivity index (χ1) is 16.8. The molecule has 0 aliphatic heterocycles. The van der Waals surface area contributed by atoms with E-state index in [0.29, 0.717) is 39.7 Å². The number of rotatable bonds is 12. The van der Waals surface area contributed by atoms with Crippen LogP contribution in [0.4, 0.5) is 8.78 Å². The summed E-state index contributed by atoms with van der Waals surface area (Å²) in [6, 6.07) is 12.4. The minimum Gasteiger partial charge on any atom is -0.395 e. The molecule has 3 rings (SSSR count). The minimum absolute atomic E-state index is 0.00199. The van der Waals surface area contributed by atoms with E-state index in [1.54, 1.807) is 36.4 Å². The van der Waals surface area contributed by atoms with Crippen LogP contribution in [0, 0.1) is 11.3 Å². The number of ketones is 1. The Bertz CT molecular complexity index is 1260. The van der Waals surface area contributed by atoms with E-state index in [9.17, 15) is 23.6 Å². The number of nitrogens with one attached hydrogen (secondary N) is 2. The third kappa shape index (κ3) is 6.64. The number of Topliss-reactive ketones (excluding diaryl/α,β-unsaturated/α-hetero) is 1. The molecule has 1 aromatic heterocycles. The van der Waals surface area contributed by atoms with Gasteiger partial charge in [0.25, 0.3) is 0 Å². The summed E-state index contributed by atoms with van der Waals surface area (Å²) in [5, 5.41) is 20.8. The monoisotopic (exact) mass is 565 g/mol. The number of imidazole rings is 1. The van der Waals surface area contributed by atoms with Crippen molar-refractivity contribution in [2.75, 3.05) is 26.2 Å². The molecular formula is C23H22BrF2N5O3S. The molecule has 0 unspecified atom stereocenters. The van der Waals surface area contributed by atoms with Crippen LogP contribution in [0.1, 0.15) is 18.4 Å². The predicted molar refractivity (Wildman–Crippen MR) is 131 cm³/mol. The van der Waals surface area contributed by atoms with E-state index in [1.165, 1.54) is 10.8 Å². The number of aromatic nitrogens is 2. The third-order valence-corrected chi connectivity index (χ3v) is 6.50. The topological polar surface area (TPSA) is 120 Å². The van der Waals surface area contributed by atoms with Gasteiger partial charge in [-0.3, -0.25) is 14.2 Å². The summed E-state index contributed by atoms with van der Waals surface area (Å²) in [6.45, 7) is 1.00. The quantitative estimate of drug-likeness (QED) is 0.227. The van der Waals surface area contributed by atoms with Crippen molar-refractivity contribution in [2.24, 2.45) is 0 Å². The van der Waals surface area contributed by atoms with Crippen molar-refractivity contribution in [3.8, 4) is 11.8 Å². The van der Waals surface area contributed by atoms with Gasteiger partial charge in [0.05, 0.1) is 30.1 Å². The van der Waals surface area contributed by atoms with Crippen LogP contribution in [-0.4, -0.2) is 57.8 Å². The lowest BCUT2D eigenvalue weighted by Crippen LogP contribution is -2.34. The lowest BCUT2D eigenvalue weighted by atomic mass is 10.0. The van der Waals surface area contributed by atoms with E-state index in [4.69, 9.17) is 5.11 Å². The van der Waals surface area contributed by atoms with Crippen LogP contribution in [0.25, 0.3) is 16.5 Å². The van der Waals surface area contributed by atoms with Crippen molar-refractivity contribution >= 4 is 50.2 Å². The molecule has 184 valence electrons. The Balaban J connectivity index is 1.73. The van der Waals surface area contributed by atoms with Gasteiger partial charge in [-0.15, -0.1) is 0 Å². The number of hydrogen-bond donors (Lipinski definition) is 3. The number of carbonyl (C=O) groups is 2. The highest BCUT2D eigenvalue weighted by Crippen LogP contribution is 2.40. The van der Waals surface area contributed by atoms with Crippen LogP contribution in [0.15, 0.2) is 52.4 Å². The van der Waals surface area contributed by atoms with Crippen LogP contribution < -0.4 is 10.6 Å². The van der Waals surface area contributed by atoms with Crippen LogP contribution in [0.2, 0.25) is 0 Å². The normalized spacial score (nSPS) is 11.4. The maximum atomic E-state index is 14.8. The van der Waals surface area contributed by atoms with Crippen molar-refractivity contribution in [3.05, 3.63) is 52.8 Å². The second kappa shape index (κ2) is 12.2. The maximum absolute atomic E-state index is 14.8. The Kier molecular flexibility index (Phi) is 9.33. The lowest BCUT2D eigenvalue weighted by Gasteiger charge is -2.17. The van der Waals surface area contributed by atoms with Crippen molar-refractivity contribution in [1.29, 1.82) is 5.26 Å². The highest BCUT2D eigenvalue weighted by atomic mass is 79.9. The molecule has 35 heavy (non-hydrogen) atoms. The zero-order valence-electron chi connectivity index (χ0n) is 18.4. The molecule has 0 saturated carbocycles. The van der Waals surface area contributed by atoms with Crippen molar-refractivity contribution in [1.82, 2.24) is 20.2 Å². The zero-order valence-corrected chi connectivity index (χ0v) is 20.8. The second-order valence-electron chi connectivity index (χ2n) is 7.35.